The molecule has 0 aromatic carbocycles. The molecule has 4 heteroatoms. The normalized spacial score (nSPS) is 23.5. The highest BCUT2D eigenvalue weighted by molar-refractivity contribution is 7.99. The number of hydrogen-bond donors (Lipinski definition) is 1. The maximum Gasteiger partial charge on any atom is 0.324 e. The average Bonchev–Trinajstić information content (AvgIpc) is 2.52. The van der Waals surface area contributed by atoms with Gasteiger partial charge in [0.2, 0.25) is 0 Å². The van der Waals surface area contributed by atoms with Crippen LogP contribution in [-0.2, 0) is 9.53 Å². The molecule has 3 nitrogen and oxygen atoms in total. The van der Waals surface area contributed by atoms with Crippen molar-refractivity contribution in [2.75, 3.05) is 18.2 Å². The second-order valence-corrected chi connectivity index (χ2v) is 3.47. The van der Waals surface area contributed by atoms with Crippen molar-refractivity contribution < 1.29 is 9.53 Å². The fraction of sp³-hybridized carbons (Fsp3) is 0.857. The first-order chi connectivity index (χ1) is 5.34. The van der Waals surface area contributed by atoms with Crippen molar-refractivity contribution >= 4 is 17.7 Å². The number of rotatable bonds is 3. The Bertz CT molecular complexity index is 134. The summed E-state index contributed by atoms with van der Waals surface area (Å²) in [6.45, 7) is 2.53. The lowest BCUT2D eigenvalue weighted by Gasteiger charge is -2.07. The summed E-state index contributed by atoms with van der Waals surface area (Å²) in [7, 11) is 0. The van der Waals surface area contributed by atoms with Gasteiger partial charge in [-0.05, 0) is 6.42 Å². The van der Waals surface area contributed by atoms with Gasteiger partial charge in [-0.2, -0.15) is 0 Å². The molecule has 1 aliphatic rings. The summed E-state index contributed by atoms with van der Waals surface area (Å²) in [6, 6.07) is -0.0634. The molecule has 64 valence electrons. The van der Waals surface area contributed by atoms with Crippen LogP contribution in [0, 0.1) is 0 Å². The van der Waals surface area contributed by atoms with Gasteiger partial charge in [-0.25, -0.2) is 0 Å². The summed E-state index contributed by atoms with van der Waals surface area (Å²) in [5.41, 5.74) is 0. The molecule has 0 radical (unpaired) electrons. The molecule has 1 fully saturated rings. The number of carbonyl (C=O) groups excluding carboxylic acids is 1. The molecule has 1 saturated heterocycles. The lowest BCUT2D eigenvalue weighted by atomic mass is 10.3. The van der Waals surface area contributed by atoms with E-state index in [2.05, 4.69) is 5.32 Å². The molecule has 0 saturated carbocycles. The van der Waals surface area contributed by atoms with Crippen molar-refractivity contribution in [2.24, 2.45) is 0 Å². The topological polar surface area (TPSA) is 38.3 Å². The van der Waals surface area contributed by atoms with Crippen LogP contribution in [0.15, 0.2) is 0 Å². The lowest BCUT2D eigenvalue weighted by Crippen LogP contribution is -2.34. The van der Waals surface area contributed by atoms with Gasteiger partial charge in [0.25, 0.3) is 0 Å². The van der Waals surface area contributed by atoms with Gasteiger partial charge < -0.3 is 4.74 Å². The van der Waals surface area contributed by atoms with Gasteiger partial charge in [0.1, 0.15) is 6.04 Å². The van der Waals surface area contributed by atoms with Crippen molar-refractivity contribution in [3.63, 3.8) is 0 Å². The second kappa shape index (κ2) is 4.62. The third-order valence-electron chi connectivity index (χ3n) is 1.45. The largest absolute Gasteiger partial charge is 0.465 e. The lowest BCUT2D eigenvalue weighted by molar-refractivity contribution is -0.145. The molecular formula is C7H13NO2S. The Hall–Kier alpha value is -0.220. The predicted octanol–water partition coefficient (Wildman–Crippen LogP) is 0.602. The molecule has 11 heavy (non-hydrogen) atoms. The molecule has 0 amide bonds. The summed E-state index contributed by atoms with van der Waals surface area (Å²) in [5.74, 6) is 1.62. The Morgan fingerprint density at radius 1 is 1.82 bits per heavy atom. The van der Waals surface area contributed by atoms with E-state index in [1.165, 1.54) is 0 Å². The van der Waals surface area contributed by atoms with E-state index in [1.807, 2.05) is 6.92 Å². The van der Waals surface area contributed by atoms with Crippen LogP contribution >= 0.6 is 11.8 Å². The molecule has 0 spiro atoms. The Labute approximate surface area is 70.9 Å². The first-order valence-electron chi connectivity index (χ1n) is 3.82. The van der Waals surface area contributed by atoms with Crippen LogP contribution in [0.3, 0.4) is 0 Å². The van der Waals surface area contributed by atoms with E-state index >= 15 is 0 Å². The molecule has 1 rings (SSSR count). The number of thioether (sulfide) groups is 1. The molecule has 0 aliphatic carbocycles. The van der Waals surface area contributed by atoms with Gasteiger partial charge in [0.15, 0.2) is 0 Å². The van der Waals surface area contributed by atoms with Gasteiger partial charge in [-0.15, -0.1) is 11.8 Å². The zero-order valence-corrected chi connectivity index (χ0v) is 7.45. The van der Waals surface area contributed by atoms with Crippen LogP contribution in [-0.4, -0.2) is 30.2 Å². The number of carbonyl (C=O) groups is 1. The van der Waals surface area contributed by atoms with Gasteiger partial charge in [-0.3, -0.25) is 10.1 Å². The van der Waals surface area contributed by atoms with Crippen molar-refractivity contribution in [3.05, 3.63) is 0 Å². The molecule has 1 unspecified atom stereocenters. The van der Waals surface area contributed by atoms with E-state index in [9.17, 15) is 4.79 Å². The van der Waals surface area contributed by atoms with Gasteiger partial charge >= 0.3 is 5.97 Å². The number of esters is 1. The van der Waals surface area contributed by atoms with Crippen molar-refractivity contribution in [1.29, 1.82) is 0 Å². The zero-order chi connectivity index (χ0) is 8.10. The van der Waals surface area contributed by atoms with E-state index < -0.39 is 0 Å². The Kier molecular flexibility index (Phi) is 3.72. The van der Waals surface area contributed by atoms with E-state index in [4.69, 9.17) is 4.74 Å². The number of ether oxygens (including phenoxy) is 1. The van der Waals surface area contributed by atoms with Crippen molar-refractivity contribution in [2.45, 2.75) is 19.4 Å². The van der Waals surface area contributed by atoms with Crippen LogP contribution in [0.25, 0.3) is 0 Å². The van der Waals surface area contributed by atoms with Crippen molar-refractivity contribution in [3.8, 4) is 0 Å². The molecule has 0 bridgehead atoms. The molecule has 0 aromatic heterocycles. The molecular weight excluding hydrogens is 162 g/mol. The van der Waals surface area contributed by atoms with Crippen LogP contribution in [0.1, 0.15) is 13.3 Å². The van der Waals surface area contributed by atoms with E-state index in [-0.39, 0.29) is 12.0 Å². The standard InChI is InChI=1S/C7H13NO2S/c1-2-3-10-7(9)6-4-11-5-8-6/h6,8H,2-5H2,1H3. The van der Waals surface area contributed by atoms with E-state index in [1.54, 1.807) is 11.8 Å². The maximum absolute atomic E-state index is 11.1. The van der Waals surface area contributed by atoms with Crippen LogP contribution in [0.4, 0.5) is 0 Å². The highest BCUT2D eigenvalue weighted by atomic mass is 32.2. The first kappa shape index (κ1) is 8.87. The smallest absolute Gasteiger partial charge is 0.324 e. The molecule has 1 atom stereocenters. The zero-order valence-electron chi connectivity index (χ0n) is 6.63. The minimum Gasteiger partial charge on any atom is -0.465 e. The van der Waals surface area contributed by atoms with Crippen LogP contribution < -0.4 is 5.32 Å². The fourth-order valence-electron chi connectivity index (χ4n) is 0.850. The summed E-state index contributed by atoms with van der Waals surface area (Å²) >= 11 is 1.73. The summed E-state index contributed by atoms with van der Waals surface area (Å²) in [5, 5.41) is 3.05. The van der Waals surface area contributed by atoms with Gasteiger partial charge in [0.05, 0.1) is 6.61 Å². The van der Waals surface area contributed by atoms with Crippen LogP contribution in [0.5, 0.6) is 0 Å². The second-order valence-electron chi connectivity index (χ2n) is 2.44. The number of hydrogen-bond acceptors (Lipinski definition) is 4. The molecule has 1 N–H and O–H groups in total. The van der Waals surface area contributed by atoms with Gasteiger partial charge in [-0.1, -0.05) is 6.92 Å². The minimum atomic E-state index is -0.100. The quantitative estimate of drug-likeness (QED) is 0.638. The van der Waals surface area contributed by atoms with Gasteiger partial charge in [0, 0.05) is 11.6 Å². The fourth-order valence-corrected chi connectivity index (χ4v) is 1.78. The Balaban J connectivity index is 2.17. The van der Waals surface area contributed by atoms with E-state index in [0.29, 0.717) is 6.61 Å². The average molecular weight is 175 g/mol. The highest BCUT2D eigenvalue weighted by Crippen LogP contribution is 2.10. The maximum atomic E-state index is 11.1. The van der Waals surface area contributed by atoms with Crippen LogP contribution in [0.2, 0.25) is 0 Å². The summed E-state index contributed by atoms with van der Waals surface area (Å²) in [4.78, 5) is 11.1. The monoisotopic (exact) mass is 175 g/mol. The SMILES string of the molecule is CCCOC(=O)C1CSCN1. The summed E-state index contributed by atoms with van der Waals surface area (Å²) in [6.07, 6.45) is 0.894. The third-order valence-corrected chi connectivity index (χ3v) is 2.39. The third kappa shape index (κ3) is 2.71. The number of nitrogens with one attached hydrogen (secondary N) is 1. The molecule has 1 heterocycles. The van der Waals surface area contributed by atoms with E-state index in [0.717, 1.165) is 18.1 Å². The van der Waals surface area contributed by atoms with Crippen molar-refractivity contribution in [1.82, 2.24) is 5.32 Å². The molecule has 1 aliphatic heterocycles. The minimum absolute atomic E-state index is 0.0634. The molecule has 0 aromatic rings. The first-order valence-corrected chi connectivity index (χ1v) is 4.98. The summed E-state index contributed by atoms with van der Waals surface area (Å²) < 4.78 is 4.96. The Morgan fingerprint density at radius 2 is 2.64 bits per heavy atom. The Morgan fingerprint density at radius 3 is 3.18 bits per heavy atom. The highest BCUT2D eigenvalue weighted by Gasteiger charge is 2.23. The predicted molar refractivity (Wildman–Crippen MR) is 45.5 cm³/mol.